The van der Waals surface area contributed by atoms with E-state index in [0.717, 1.165) is 12.3 Å². The third-order valence-electron chi connectivity index (χ3n) is 1.76. The fourth-order valence-electron chi connectivity index (χ4n) is 0.951. The van der Waals surface area contributed by atoms with E-state index in [0.29, 0.717) is 10.3 Å². The summed E-state index contributed by atoms with van der Waals surface area (Å²) in [5.41, 5.74) is -0.713. The topological polar surface area (TPSA) is 12.9 Å². The van der Waals surface area contributed by atoms with Crippen LogP contribution < -0.4 is 4.48 Å². The van der Waals surface area contributed by atoms with Gasteiger partial charge in [0.25, 0.3) is 0 Å². The van der Waals surface area contributed by atoms with Crippen molar-refractivity contribution in [3.8, 4) is 0 Å². The van der Waals surface area contributed by atoms with E-state index >= 15 is 0 Å². The molecule has 5 heteroatoms. The lowest BCUT2D eigenvalue weighted by atomic mass is 10.2. The zero-order chi connectivity index (χ0) is 11.0. The van der Waals surface area contributed by atoms with Crippen LogP contribution in [0.1, 0.15) is 5.56 Å². The minimum absolute atomic E-state index is 0.401. The van der Waals surface area contributed by atoms with E-state index in [1.807, 2.05) is 21.1 Å². The van der Waals surface area contributed by atoms with Crippen molar-refractivity contribution in [3.05, 3.63) is 23.9 Å². The van der Waals surface area contributed by atoms with Crippen LogP contribution in [0.2, 0.25) is 0 Å². The van der Waals surface area contributed by atoms with Crippen molar-refractivity contribution < 1.29 is 13.2 Å². The summed E-state index contributed by atoms with van der Waals surface area (Å²) in [7, 11) is 5.53. The standard InChI is InChI=1S/C9H12F3N2/c1-14(2,3)8-5-4-7(6-13-8)9(10,11)12/h4-6H,1-3H3/q+1. The molecular formula is C9H12F3N2+. The number of halogens is 3. The molecule has 0 aliphatic carbocycles. The molecule has 0 fully saturated rings. The predicted molar refractivity (Wildman–Crippen MR) is 48.8 cm³/mol. The van der Waals surface area contributed by atoms with Crippen LogP contribution in [0.3, 0.4) is 0 Å². The number of hydrogen-bond acceptors (Lipinski definition) is 1. The van der Waals surface area contributed by atoms with Crippen LogP contribution in [0.25, 0.3) is 0 Å². The molecule has 0 saturated heterocycles. The minimum Gasteiger partial charge on any atom is -0.282 e. The second-order valence-electron chi connectivity index (χ2n) is 3.92. The summed E-state index contributed by atoms with van der Waals surface area (Å²) in [6.45, 7) is 0. The molecule has 0 aliphatic rings. The Bertz CT molecular complexity index is 275. The summed E-state index contributed by atoms with van der Waals surface area (Å²) in [4.78, 5) is 3.77. The molecule has 0 radical (unpaired) electrons. The smallest absolute Gasteiger partial charge is 0.282 e. The van der Waals surface area contributed by atoms with Gasteiger partial charge in [0.15, 0.2) is 0 Å². The number of aromatic nitrogens is 1. The highest BCUT2D eigenvalue weighted by molar-refractivity contribution is 5.34. The Labute approximate surface area is 80.6 Å². The van der Waals surface area contributed by atoms with Gasteiger partial charge >= 0.3 is 6.18 Å². The van der Waals surface area contributed by atoms with Crippen molar-refractivity contribution in [1.82, 2.24) is 9.47 Å². The van der Waals surface area contributed by atoms with Gasteiger partial charge in [-0.2, -0.15) is 13.2 Å². The molecule has 0 unspecified atom stereocenters. The molecule has 0 spiro atoms. The van der Waals surface area contributed by atoms with E-state index in [-0.39, 0.29) is 0 Å². The van der Waals surface area contributed by atoms with Crippen molar-refractivity contribution in [2.75, 3.05) is 21.1 Å². The Kier molecular flexibility index (Phi) is 2.54. The zero-order valence-electron chi connectivity index (χ0n) is 8.26. The van der Waals surface area contributed by atoms with Crippen molar-refractivity contribution in [1.29, 1.82) is 0 Å². The lowest BCUT2D eigenvalue weighted by molar-refractivity contribution is -0.137. The number of alkyl halides is 3. The maximum Gasteiger partial charge on any atom is 0.417 e. The van der Waals surface area contributed by atoms with Gasteiger partial charge in [-0.3, -0.25) is 4.48 Å². The SMILES string of the molecule is C[N+](C)(C)c1ccc(C(F)(F)F)cn1. The monoisotopic (exact) mass is 205 g/mol. The Morgan fingerprint density at radius 2 is 1.71 bits per heavy atom. The molecule has 0 amide bonds. The molecule has 0 atom stereocenters. The van der Waals surface area contributed by atoms with Gasteiger partial charge in [0, 0.05) is 12.3 Å². The summed E-state index contributed by atoms with van der Waals surface area (Å²) in [5.74, 6) is 0.595. The number of nitrogens with zero attached hydrogens (tertiary/aromatic N) is 2. The summed E-state index contributed by atoms with van der Waals surface area (Å²) in [5, 5.41) is 0. The maximum absolute atomic E-state index is 12.2. The third-order valence-corrected chi connectivity index (χ3v) is 1.76. The molecule has 0 aliphatic heterocycles. The minimum atomic E-state index is -4.31. The van der Waals surface area contributed by atoms with Crippen LogP contribution in [0.4, 0.5) is 19.0 Å². The van der Waals surface area contributed by atoms with Crippen LogP contribution in [0, 0.1) is 0 Å². The number of hydrogen-bond donors (Lipinski definition) is 0. The van der Waals surface area contributed by atoms with Crippen LogP contribution in [-0.2, 0) is 6.18 Å². The molecule has 1 aromatic rings. The van der Waals surface area contributed by atoms with Gasteiger partial charge < -0.3 is 0 Å². The maximum atomic E-state index is 12.2. The van der Waals surface area contributed by atoms with Gasteiger partial charge in [-0.05, 0) is 6.07 Å². The summed E-state index contributed by atoms with van der Waals surface area (Å²) in [6.07, 6.45) is -3.45. The normalized spacial score (nSPS) is 13.0. The summed E-state index contributed by atoms with van der Waals surface area (Å²) < 4.78 is 36.9. The van der Waals surface area contributed by atoms with Crippen molar-refractivity contribution in [2.45, 2.75) is 6.18 Å². The average Bonchev–Trinajstić information content (AvgIpc) is 2.01. The number of rotatable bonds is 1. The molecule has 1 aromatic heterocycles. The second kappa shape index (κ2) is 3.24. The van der Waals surface area contributed by atoms with E-state index in [2.05, 4.69) is 4.98 Å². The fourth-order valence-corrected chi connectivity index (χ4v) is 0.951. The molecule has 78 valence electrons. The molecule has 1 rings (SSSR count). The van der Waals surface area contributed by atoms with Crippen molar-refractivity contribution in [3.63, 3.8) is 0 Å². The highest BCUT2D eigenvalue weighted by atomic mass is 19.4. The van der Waals surface area contributed by atoms with Crippen molar-refractivity contribution in [2.24, 2.45) is 0 Å². The van der Waals surface area contributed by atoms with Gasteiger partial charge in [0.1, 0.15) is 0 Å². The van der Waals surface area contributed by atoms with E-state index in [1.54, 1.807) is 0 Å². The molecule has 0 bridgehead atoms. The first-order chi connectivity index (χ1) is 6.21. The first kappa shape index (κ1) is 11.0. The predicted octanol–water partition coefficient (Wildman–Crippen LogP) is 2.30. The Morgan fingerprint density at radius 3 is 2.00 bits per heavy atom. The molecule has 1 heterocycles. The average molecular weight is 205 g/mol. The first-order valence-corrected chi connectivity index (χ1v) is 4.06. The lowest BCUT2D eigenvalue weighted by Crippen LogP contribution is -2.35. The molecular weight excluding hydrogens is 193 g/mol. The molecule has 0 N–H and O–H groups in total. The molecule has 14 heavy (non-hydrogen) atoms. The fraction of sp³-hybridized carbons (Fsp3) is 0.444. The van der Waals surface area contributed by atoms with Crippen LogP contribution in [0.15, 0.2) is 18.3 Å². The zero-order valence-corrected chi connectivity index (χ0v) is 8.26. The molecule has 0 aromatic carbocycles. The summed E-state index contributed by atoms with van der Waals surface area (Å²) in [6, 6.07) is 2.44. The molecule has 2 nitrogen and oxygen atoms in total. The Morgan fingerprint density at radius 1 is 1.14 bits per heavy atom. The van der Waals surface area contributed by atoms with E-state index in [4.69, 9.17) is 0 Å². The first-order valence-electron chi connectivity index (χ1n) is 4.06. The van der Waals surface area contributed by atoms with Gasteiger partial charge in [-0.1, -0.05) is 0 Å². The van der Waals surface area contributed by atoms with Gasteiger partial charge in [0.2, 0.25) is 5.82 Å². The number of pyridine rings is 1. The van der Waals surface area contributed by atoms with Gasteiger partial charge in [0.05, 0.1) is 26.7 Å². The van der Waals surface area contributed by atoms with Crippen molar-refractivity contribution >= 4 is 5.82 Å². The van der Waals surface area contributed by atoms with Crippen LogP contribution >= 0.6 is 0 Å². The van der Waals surface area contributed by atoms with Crippen LogP contribution in [0.5, 0.6) is 0 Å². The quantitative estimate of drug-likeness (QED) is 0.641. The van der Waals surface area contributed by atoms with E-state index < -0.39 is 11.7 Å². The largest absolute Gasteiger partial charge is 0.417 e. The highest BCUT2D eigenvalue weighted by Gasteiger charge is 2.31. The molecule has 0 saturated carbocycles. The number of quaternary nitrogens is 1. The summed E-state index contributed by atoms with van der Waals surface area (Å²) >= 11 is 0. The van der Waals surface area contributed by atoms with Crippen LogP contribution in [-0.4, -0.2) is 26.1 Å². The highest BCUT2D eigenvalue weighted by Crippen LogP contribution is 2.29. The second-order valence-corrected chi connectivity index (χ2v) is 3.92. The third kappa shape index (κ3) is 2.45. The van der Waals surface area contributed by atoms with E-state index in [1.165, 1.54) is 6.07 Å². The Balaban J connectivity index is 3.02. The van der Waals surface area contributed by atoms with E-state index in [9.17, 15) is 13.2 Å². The van der Waals surface area contributed by atoms with Gasteiger partial charge in [-0.15, -0.1) is 0 Å². The Hall–Kier alpha value is -1.10. The lowest BCUT2D eigenvalue weighted by Gasteiger charge is -2.21. The van der Waals surface area contributed by atoms with Gasteiger partial charge in [-0.25, -0.2) is 4.98 Å².